The highest BCUT2D eigenvalue weighted by Gasteiger charge is 2.38. The summed E-state index contributed by atoms with van der Waals surface area (Å²) in [5.74, 6) is -5.74. The third-order valence-electron chi connectivity index (χ3n) is 10.2. The summed E-state index contributed by atoms with van der Waals surface area (Å²) in [4.78, 5) is 87.5. The fourth-order valence-electron chi connectivity index (χ4n) is 6.19. The van der Waals surface area contributed by atoms with Crippen molar-refractivity contribution in [3.05, 3.63) is 102 Å². The molecule has 0 bridgehead atoms. The minimum atomic E-state index is -1.56. The molecule has 0 aliphatic heterocycles. The van der Waals surface area contributed by atoms with E-state index in [0.29, 0.717) is 12.0 Å². The standard InChI is InChI=1S/C52H61FO15/c1-10-11-12-13-14-15-36-16-21-39(42(53)26-36)41-28-43(67-50(59)34(4)5)40(27-44(41)68-51(60)35(6)7)37-17-19-38(20-18-37)63-29-52(32-66-49(58)33(2)3,30-64-47(56)24-22-45(54)61-8)31-65-48(57)25-23-46(55)62-9/h16-21,26-28H,2,4,6,10-15,22-25,29-32H2,1,3,5,7-9H3. The highest BCUT2D eigenvalue weighted by atomic mass is 19.1. The monoisotopic (exact) mass is 944 g/mol. The first-order valence-electron chi connectivity index (χ1n) is 22.0. The Hall–Kier alpha value is -7.10. The molecule has 15 nitrogen and oxygen atoms in total. The maximum Gasteiger partial charge on any atom is 0.338 e. The van der Waals surface area contributed by atoms with Crippen LogP contribution in [-0.2, 0) is 63.7 Å². The Bertz CT molecular complexity index is 2290. The molecule has 3 rings (SSSR count). The van der Waals surface area contributed by atoms with Gasteiger partial charge in [-0.25, -0.2) is 18.8 Å². The number of ether oxygens (including phenoxy) is 8. The quantitative estimate of drug-likeness (QED) is 0.0220. The molecule has 16 heteroatoms. The van der Waals surface area contributed by atoms with E-state index in [9.17, 15) is 33.6 Å². The highest BCUT2D eigenvalue weighted by Crippen LogP contribution is 2.43. The lowest BCUT2D eigenvalue weighted by Crippen LogP contribution is -2.44. The van der Waals surface area contributed by atoms with Crippen molar-refractivity contribution in [3.63, 3.8) is 0 Å². The molecule has 0 N–H and O–H groups in total. The molecule has 0 amide bonds. The van der Waals surface area contributed by atoms with Crippen molar-refractivity contribution in [1.29, 1.82) is 0 Å². The van der Waals surface area contributed by atoms with Gasteiger partial charge in [0, 0.05) is 33.4 Å². The minimum absolute atomic E-state index is 0.0161. The van der Waals surface area contributed by atoms with Crippen molar-refractivity contribution >= 4 is 41.8 Å². The maximum atomic E-state index is 16.0. The van der Waals surface area contributed by atoms with Gasteiger partial charge < -0.3 is 37.9 Å². The molecule has 0 radical (unpaired) electrons. The second-order valence-electron chi connectivity index (χ2n) is 16.3. The van der Waals surface area contributed by atoms with Crippen molar-refractivity contribution in [3.8, 4) is 39.5 Å². The lowest BCUT2D eigenvalue weighted by Gasteiger charge is -2.32. The van der Waals surface area contributed by atoms with Gasteiger partial charge in [-0.1, -0.05) is 76.6 Å². The fraction of sp³-hybridized carbons (Fsp3) is 0.404. The molecule has 0 heterocycles. The first-order valence-corrected chi connectivity index (χ1v) is 22.0. The summed E-state index contributed by atoms with van der Waals surface area (Å²) in [6.07, 6.45) is 4.67. The minimum Gasteiger partial charge on any atom is -0.493 e. The van der Waals surface area contributed by atoms with E-state index >= 15 is 4.39 Å². The maximum absolute atomic E-state index is 16.0. The van der Waals surface area contributed by atoms with Crippen LogP contribution in [0.15, 0.2) is 91.1 Å². The molecule has 0 unspecified atom stereocenters. The first-order chi connectivity index (χ1) is 32.3. The topological polar surface area (TPSA) is 193 Å². The summed E-state index contributed by atoms with van der Waals surface area (Å²) >= 11 is 0. The van der Waals surface area contributed by atoms with E-state index in [1.807, 2.05) is 0 Å². The van der Waals surface area contributed by atoms with Crippen molar-refractivity contribution in [1.82, 2.24) is 0 Å². The van der Waals surface area contributed by atoms with Crippen molar-refractivity contribution < 1.29 is 75.8 Å². The van der Waals surface area contributed by atoms with Crippen LogP contribution in [0.4, 0.5) is 4.39 Å². The average Bonchev–Trinajstić information content (AvgIpc) is 3.32. The van der Waals surface area contributed by atoms with Gasteiger partial charge in [-0.3, -0.25) is 19.2 Å². The van der Waals surface area contributed by atoms with Gasteiger partial charge in [0.2, 0.25) is 0 Å². The zero-order valence-electron chi connectivity index (χ0n) is 39.7. The molecule has 0 aliphatic rings. The molecule has 3 aromatic rings. The molecule has 3 aromatic carbocycles. The van der Waals surface area contributed by atoms with Crippen LogP contribution in [0.1, 0.15) is 91.0 Å². The van der Waals surface area contributed by atoms with Gasteiger partial charge >= 0.3 is 41.8 Å². The van der Waals surface area contributed by atoms with E-state index in [-0.39, 0.29) is 76.3 Å². The number of aryl methyl sites for hydroxylation is 1. The Balaban J connectivity index is 2.08. The summed E-state index contributed by atoms with van der Waals surface area (Å²) in [6.45, 7) is 15.5. The van der Waals surface area contributed by atoms with Gasteiger partial charge in [0.1, 0.15) is 54.9 Å². The fourth-order valence-corrected chi connectivity index (χ4v) is 6.19. The van der Waals surface area contributed by atoms with E-state index in [2.05, 4.69) is 36.1 Å². The van der Waals surface area contributed by atoms with Crippen LogP contribution < -0.4 is 14.2 Å². The van der Waals surface area contributed by atoms with Gasteiger partial charge in [0.05, 0.1) is 39.9 Å². The molecule has 0 atom stereocenters. The number of esters is 7. The average molecular weight is 945 g/mol. The molecule has 0 saturated heterocycles. The van der Waals surface area contributed by atoms with Crippen LogP contribution in [0.2, 0.25) is 0 Å². The van der Waals surface area contributed by atoms with Gasteiger partial charge in [-0.15, -0.1) is 0 Å². The number of rotatable bonds is 28. The second-order valence-corrected chi connectivity index (χ2v) is 16.3. The number of halogens is 1. The normalized spacial score (nSPS) is 10.8. The lowest BCUT2D eigenvalue weighted by molar-refractivity contribution is -0.165. The zero-order chi connectivity index (χ0) is 50.4. The number of unbranched alkanes of at least 4 members (excludes halogenated alkanes) is 4. The summed E-state index contributed by atoms with van der Waals surface area (Å²) in [5, 5.41) is 0. The molecule has 0 aromatic heterocycles. The van der Waals surface area contributed by atoms with Crippen LogP contribution in [0.25, 0.3) is 22.3 Å². The van der Waals surface area contributed by atoms with Crippen LogP contribution in [0.3, 0.4) is 0 Å². The SMILES string of the molecule is C=C(C)C(=O)OCC(COC(=O)CCC(=O)OC)(COC(=O)CCC(=O)OC)COc1ccc(-c2cc(OC(=O)C(=C)C)c(-c3ccc(CCCCCCC)cc3F)cc2OC(=O)C(=C)C)cc1. The van der Waals surface area contributed by atoms with Crippen LogP contribution in [-0.4, -0.2) is 82.4 Å². The largest absolute Gasteiger partial charge is 0.493 e. The van der Waals surface area contributed by atoms with E-state index in [0.717, 1.165) is 51.9 Å². The molecule has 68 heavy (non-hydrogen) atoms. The van der Waals surface area contributed by atoms with E-state index in [1.165, 1.54) is 51.1 Å². The third kappa shape index (κ3) is 17.9. The number of carbonyl (C=O) groups excluding carboxylic acids is 7. The summed E-state index contributed by atoms with van der Waals surface area (Å²) < 4.78 is 59.4. The summed E-state index contributed by atoms with van der Waals surface area (Å²) in [5.41, 5.74) is 0.328. The molecular formula is C52H61FO15. The van der Waals surface area contributed by atoms with Gasteiger partial charge in [-0.05, 0) is 75.1 Å². The highest BCUT2D eigenvalue weighted by molar-refractivity contribution is 5.94. The lowest BCUT2D eigenvalue weighted by atomic mass is 9.92. The van der Waals surface area contributed by atoms with Gasteiger partial charge in [0.15, 0.2) is 0 Å². The zero-order valence-corrected chi connectivity index (χ0v) is 39.7. The Labute approximate surface area is 396 Å². The number of hydrogen-bond acceptors (Lipinski definition) is 15. The van der Waals surface area contributed by atoms with Crippen molar-refractivity contribution in [2.75, 3.05) is 40.6 Å². The van der Waals surface area contributed by atoms with Gasteiger partial charge in [-0.2, -0.15) is 0 Å². The molecule has 0 aliphatic carbocycles. The van der Waals surface area contributed by atoms with E-state index in [1.54, 1.807) is 24.3 Å². The predicted octanol–water partition coefficient (Wildman–Crippen LogP) is 9.11. The molecule has 0 fully saturated rings. The van der Waals surface area contributed by atoms with Crippen LogP contribution >= 0.6 is 0 Å². The third-order valence-corrected chi connectivity index (χ3v) is 10.2. The van der Waals surface area contributed by atoms with Crippen molar-refractivity contribution in [2.24, 2.45) is 5.41 Å². The van der Waals surface area contributed by atoms with Crippen LogP contribution in [0, 0.1) is 11.2 Å². The predicted molar refractivity (Wildman–Crippen MR) is 249 cm³/mol. The van der Waals surface area contributed by atoms with E-state index in [4.69, 9.17) is 28.4 Å². The smallest absolute Gasteiger partial charge is 0.338 e. The first kappa shape index (κ1) is 55.2. The molecule has 366 valence electrons. The Kier molecular flexibility index (Phi) is 22.4. The molecule has 0 spiro atoms. The summed E-state index contributed by atoms with van der Waals surface area (Å²) in [6, 6.07) is 13.9. The number of benzene rings is 3. The Morgan fingerprint density at radius 2 is 1.03 bits per heavy atom. The molecular weight excluding hydrogens is 884 g/mol. The number of methoxy groups -OCH3 is 2. The summed E-state index contributed by atoms with van der Waals surface area (Å²) in [7, 11) is 2.33. The number of carbonyl (C=O) groups is 7. The molecule has 0 saturated carbocycles. The van der Waals surface area contributed by atoms with E-state index < -0.39 is 79.4 Å². The second kappa shape index (κ2) is 27.5. The van der Waals surface area contributed by atoms with Crippen molar-refractivity contribution in [2.45, 2.75) is 91.9 Å². The van der Waals surface area contributed by atoms with Gasteiger partial charge in [0.25, 0.3) is 0 Å². The van der Waals surface area contributed by atoms with Crippen LogP contribution in [0.5, 0.6) is 17.2 Å². The Morgan fingerprint density at radius 1 is 0.544 bits per heavy atom. The Morgan fingerprint density at radius 3 is 1.53 bits per heavy atom. The number of hydrogen-bond donors (Lipinski definition) is 0.